The summed E-state index contributed by atoms with van der Waals surface area (Å²) in [6.07, 6.45) is 0. The molecule has 1 aliphatic heterocycles. The summed E-state index contributed by atoms with van der Waals surface area (Å²) in [7, 11) is 0. The van der Waals surface area contributed by atoms with E-state index in [9.17, 15) is 9.18 Å². The van der Waals surface area contributed by atoms with Gasteiger partial charge in [0.25, 0.3) is 0 Å². The van der Waals surface area contributed by atoms with Gasteiger partial charge in [-0.1, -0.05) is 0 Å². The van der Waals surface area contributed by atoms with Gasteiger partial charge < -0.3 is 9.47 Å². The maximum atomic E-state index is 13.1. The number of ether oxygens (including phenoxy) is 2. The summed E-state index contributed by atoms with van der Waals surface area (Å²) >= 11 is 3.01. The average molecular weight is 275 g/mol. The maximum absolute atomic E-state index is 13.1. The molecule has 0 saturated carbocycles. The molecule has 80 valence electrons. The Labute approximate surface area is 94.3 Å². The SMILES string of the molecule is O=C(Oc1ccc(Br)c(F)c1)C1COC1. The van der Waals surface area contributed by atoms with E-state index in [4.69, 9.17) is 9.47 Å². The Morgan fingerprint density at radius 1 is 1.53 bits per heavy atom. The van der Waals surface area contributed by atoms with Crippen LogP contribution < -0.4 is 4.74 Å². The minimum Gasteiger partial charge on any atom is -0.426 e. The summed E-state index contributed by atoms with van der Waals surface area (Å²) < 4.78 is 23.2. The highest BCUT2D eigenvalue weighted by Crippen LogP contribution is 2.22. The Balaban J connectivity index is 2.03. The lowest BCUT2D eigenvalue weighted by molar-refractivity contribution is -0.153. The van der Waals surface area contributed by atoms with E-state index in [1.54, 1.807) is 0 Å². The second-order valence-corrected chi connectivity index (χ2v) is 4.09. The fourth-order valence-corrected chi connectivity index (χ4v) is 1.36. The van der Waals surface area contributed by atoms with E-state index in [1.807, 2.05) is 0 Å². The van der Waals surface area contributed by atoms with E-state index in [2.05, 4.69) is 15.9 Å². The Morgan fingerprint density at radius 3 is 2.80 bits per heavy atom. The van der Waals surface area contributed by atoms with Crippen LogP contribution in [0.5, 0.6) is 5.75 Å². The molecule has 1 heterocycles. The fraction of sp³-hybridized carbons (Fsp3) is 0.300. The van der Waals surface area contributed by atoms with Gasteiger partial charge >= 0.3 is 5.97 Å². The molecule has 1 aromatic carbocycles. The van der Waals surface area contributed by atoms with E-state index in [0.717, 1.165) is 0 Å². The average Bonchev–Trinajstić information content (AvgIpc) is 2.08. The first kappa shape index (κ1) is 10.6. The highest BCUT2D eigenvalue weighted by atomic mass is 79.9. The number of halogens is 2. The number of rotatable bonds is 2. The molecule has 0 atom stereocenters. The van der Waals surface area contributed by atoms with Crippen molar-refractivity contribution in [3.63, 3.8) is 0 Å². The first-order valence-corrected chi connectivity index (χ1v) is 5.20. The predicted octanol–water partition coefficient (Wildman–Crippen LogP) is 2.14. The quantitative estimate of drug-likeness (QED) is 0.612. The van der Waals surface area contributed by atoms with Gasteiger partial charge in [-0.2, -0.15) is 0 Å². The lowest BCUT2D eigenvalue weighted by atomic mass is 10.1. The molecule has 0 aromatic heterocycles. The molecule has 0 amide bonds. The van der Waals surface area contributed by atoms with Gasteiger partial charge in [0.05, 0.1) is 17.7 Å². The van der Waals surface area contributed by atoms with Gasteiger partial charge in [-0.3, -0.25) is 4.79 Å². The first-order valence-electron chi connectivity index (χ1n) is 4.41. The Hall–Kier alpha value is -0.940. The summed E-state index contributed by atoms with van der Waals surface area (Å²) in [6.45, 7) is 0.773. The van der Waals surface area contributed by atoms with Crippen molar-refractivity contribution in [2.75, 3.05) is 13.2 Å². The van der Waals surface area contributed by atoms with E-state index in [-0.39, 0.29) is 17.6 Å². The van der Waals surface area contributed by atoms with Crippen LogP contribution in [0, 0.1) is 11.7 Å². The van der Waals surface area contributed by atoms with E-state index >= 15 is 0 Å². The largest absolute Gasteiger partial charge is 0.426 e. The number of hydrogen-bond donors (Lipinski definition) is 0. The molecule has 0 N–H and O–H groups in total. The third-order valence-corrected chi connectivity index (χ3v) is 2.72. The van der Waals surface area contributed by atoms with Gasteiger partial charge in [-0.25, -0.2) is 4.39 Å². The fourth-order valence-electron chi connectivity index (χ4n) is 1.11. The molecule has 0 unspecified atom stereocenters. The Kier molecular flexibility index (Phi) is 3.02. The van der Waals surface area contributed by atoms with Crippen LogP contribution >= 0.6 is 15.9 Å². The third kappa shape index (κ3) is 2.35. The molecule has 0 spiro atoms. The zero-order valence-corrected chi connectivity index (χ0v) is 9.29. The molecule has 3 nitrogen and oxygen atoms in total. The first-order chi connectivity index (χ1) is 7.16. The predicted molar refractivity (Wildman–Crippen MR) is 54.0 cm³/mol. The number of hydrogen-bond acceptors (Lipinski definition) is 3. The molecule has 1 saturated heterocycles. The van der Waals surface area contributed by atoms with Gasteiger partial charge in [0.2, 0.25) is 0 Å². The van der Waals surface area contributed by atoms with E-state index in [1.165, 1.54) is 18.2 Å². The molecule has 0 radical (unpaired) electrons. The van der Waals surface area contributed by atoms with Crippen molar-refractivity contribution < 1.29 is 18.7 Å². The molecule has 0 aliphatic carbocycles. The number of carbonyl (C=O) groups is 1. The number of esters is 1. The lowest BCUT2D eigenvalue weighted by Crippen LogP contribution is -2.37. The summed E-state index contributed by atoms with van der Waals surface area (Å²) in [5.74, 6) is -0.822. The van der Waals surface area contributed by atoms with Gasteiger partial charge in [0.15, 0.2) is 0 Å². The van der Waals surface area contributed by atoms with Crippen molar-refractivity contribution in [1.29, 1.82) is 0 Å². The van der Waals surface area contributed by atoms with Crippen LogP contribution in [-0.4, -0.2) is 19.2 Å². The second kappa shape index (κ2) is 4.28. The van der Waals surface area contributed by atoms with Crippen LogP contribution in [-0.2, 0) is 9.53 Å². The highest BCUT2D eigenvalue weighted by Gasteiger charge is 2.28. The molecule has 0 bridgehead atoms. The molecule has 5 heteroatoms. The Bertz CT molecular complexity index is 390. The molecular weight excluding hydrogens is 267 g/mol. The highest BCUT2D eigenvalue weighted by molar-refractivity contribution is 9.10. The van der Waals surface area contributed by atoms with Gasteiger partial charge in [-0.05, 0) is 28.1 Å². The topological polar surface area (TPSA) is 35.5 Å². The van der Waals surface area contributed by atoms with Gasteiger partial charge in [0.1, 0.15) is 17.5 Å². The van der Waals surface area contributed by atoms with Crippen LogP contribution in [0.4, 0.5) is 4.39 Å². The minimum atomic E-state index is -0.454. The molecular formula is C10H8BrFO3. The minimum absolute atomic E-state index is 0.211. The van der Waals surface area contributed by atoms with Crippen molar-refractivity contribution in [1.82, 2.24) is 0 Å². The van der Waals surface area contributed by atoms with Crippen molar-refractivity contribution in [2.24, 2.45) is 5.92 Å². The molecule has 15 heavy (non-hydrogen) atoms. The standard InChI is InChI=1S/C10H8BrFO3/c11-8-2-1-7(3-9(8)12)15-10(13)6-4-14-5-6/h1-3,6H,4-5H2. The maximum Gasteiger partial charge on any atom is 0.319 e. The van der Waals surface area contributed by atoms with Crippen molar-refractivity contribution in [3.05, 3.63) is 28.5 Å². The van der Waals surface area contributed by atoms with Crippen LogP contribution in [0.1, 0.15) is 0 Å². The number of benzene rings is 1. The summed E-state index contributed by atoms with van der Waals surface area (Å²) in [5, 5.41) is 0. The van der Waals surface area contributed by atoms with Crippen molar-refractivity contribution in [2.45, 2.75) is 0 Å². The van der Waals surface area contributed by atoms with Crippen LogP contribution in [0.2, 0.25) is 0 Å². The molecule has 1 fully saturated rings. The van der Waals surface area contributed by atoms with Crippen molar-refractivity contribution in [3.8, 4) is 5.75 Å². The monoisotopic (exact) mass is 274 g/mol. The van der Waals surface area contributed by atoms with E-state index in [0.29, 0.717) is 17.7 Å². The van der Waals surface area contributed by atoms with Crippen LogP contribution in [0.3, 0.4) is 0 Å². The zero-order chi connectivity index (χ0) is 10.8. The number of carbonyl (C=O) groups excluding carboxylic acids is 1. The summed E-state index contributed by atoms with van der Waals surface area (Å²) in [6, 6.07) is 4.20. The van der Waals surface area contributed by atoms with Gasteiger partial charge in [0, 0.05) is 6.07 Å². The second-order valence-electron chi connectivity index (χ2n) is 3.23. The molecule has 1 aromatic rings. The zero-order valence-electron chi connectivity index (χ0n) is 7.70. The smallest absolute Gasteiger partial charge is 0.319 e. The van der Waals surface area contributed by atoms with Gasteiger partial charge in [-0.15, -0.1) is 0 Å². The third-order valence-electron chi connectivity index (χ3n) is 2.08. The molecule has 1 aliphatic rings. The molecule has 2 rings (SSSR count). The van der Waals surface area contributed by atoms with Crippen molar-refractivity contribution >= 4 is 21.9 Å². The summed E-state index contributed by atoms with van der Waals surface area (Å²) in [4.78, 5) is 11.4. The normalized spacial score (nSPS) is 15.9. The summed E-state index contributed by atoms with van der Waals surface area (Å²) in [5.41, 5.74) is 0. The Morgan fingerprint density at radius 2 is 2.27 bits per heavy atom. The van der Waals surface area contributed by atoms with Crippen LogP contribution in [0.15, 0.2) is 22.7 Å². The van der Waals surface area contributed by atoms with E-state index < -0.39 is 5.82 Å². The lowest BCUT2D eigenvalue weighted by Gasteiger charge is -2.23. The van der Waals surface area contributed by atoms with Crippen LogP contribution in [0.25, 0.3) is 0 Å².